The van der Waals surface area contributed by atoms with E-state index in [0.717, 1.165) is 68.7 Å². The molecule has 0 amide bonds. The van der Waals surface area contributed by atoms with Gasteiger partial charge in [0, 0.05) is 52.7 Å². The molecular formula is C50H55N2O12S4-3. The summed E-state index contributed by atoms with van der Waals surface area (Å²) in [5, 5.41) is 0.300. The molecule has 0 spiro atoms. The Morgan fingerprint density at radius 2 is 1.19 bits per heavy atom. The standard InChI is InChI=1S/C50H58N2O12S4/c1-32(65(53,54)55)23-25-51-42-21-15-36-28-38(67(59,60)61)17-19-40(36)46(42)49(5,6)44(51)13-9-11-34-27-35(31-48(3,4)30-34)12-10-14-45-50(7,8)47-41-20-18-39(68(62,63)64)29-37(41)16-22-43(47)52(45)26-24-33(2)66(56,57)58/h9-22,27-29,32-33H,23-26,30-31H2,1-8H3,(H3-,53,54,55,56,57,58,59,60,61,62,63,64)/p-3. The van der Waals surface area contributed by atoms with Gasteiger partial charge in [-0.25, -0.2) is 33.7 Å². The lowest BCUT2D eigenvalue weighted by atomic mass is 9.75. The normalized spacial score (nSPS) is 20.5. The fraction of sp³-hybridized carbons (Fsp3) is 0.380. The van der Waals surface area contributed by atoms with Gasteiger partial charge in [-0.05, 0) is 133 Å². The van der Waals surface area contributed by atoms with Gasteiger partial charge >= 0.3 is 0 Å². The third kappa shape index (κ3) is 10.2. The van der Waals surface area contributed by atoms with Crippen LogP contribution in [0.5, 0.6) is 0 Å². The molecule has 2 heterocycles. The zero-order chi connectivity index (χ0) is 50.2. The molecule has 68 heavy (non-hydrogen) atoms. The van der Waals surface area contributed by atoms with E-state index in [1.165, 1.54) is 38.1 Å². The molecule has 3 aliphatic rings. The van der Waals surface area contributed by atoms with Crippen LogP contribution in [0.4, 0.5) is 11.4 Å². The molecule has 0 bridgehead atoms. The van der Waals surface area contributed by atoms with Crippen molar-refractivity contribution in [1.82, 2.24) is 0 Å². The average molecular weight is 1000 g/mol. The van der Waals surface area contributed by atoms with E-state index in [9.17, 15) is 51.9 Å². The number of allylic oxidation sites excluding steroid dienone is 10. The van der Waals surface area contributed by atoms with Gasteiger partial charge in [-0.2, -0.15) is 4.58 Å². The molecule has 18 heteroatoms. The molecule has 2 unspecified atom stereocenters. The number of fused-ring (bicyclic) bond motifs is 6. The molecule has 0 radical (unpaired) electrons. The minimum atomic E-state index is -4.70. The van der Waals surface area contributed by atoms with E-state index in [4.69, 9.17) is 0 Å². The van der Waals surface area contributed by atoms with Gasteiger partial charge < -0.3 is 23.1 Å². The van der Waals surface area contributed by atoms with Crippen molar-refractivity contribution in [2.24, 2.45) is 5.41 Å². The summed E-state index contributed by atoms with van der Waals surface area (Å²) in [4.78, 5) is 1.30. The van der Waals surface area contributed by atoms with Crippen LogP contribution < -0.4 is 4.90 Å². The summed E-state index contributed by atoms with van der Waals surface area (Å²) < 4.78 is 145. The lowest BCUT2D eigenvalue weighted by molar-refractivity contribution is -0.438. The highest BCUT2D eigenvalue weighted by Crippen LogP contribution is 2.51. The quantitative estimate of drug-likeness (QED) is 0.0855. The minimum absolute atomic E-state index is 0.0581. The van der Waals surface area contributed by atoms with Crippen LogP contribution in [0.1, 0.15) is 92.2 Å². The van der Waals surface area contributed by atoms with E-state index in [0.29, 0.717) is 10.8 Å². The molecule has 2 atom stereocenters. The van der Waals surface area contributed by atoms with Crippen LogP contribution in [0.25, 0.3) is 21.5 Å². The van der Waals surface area contributed by atoms with Crippen molar-refractivity contribution < 1.29 is 56.5 Å². The van der Waals surface area contributed by atoms with E-state index < -0.39 is 61.8 Å². The first-order valence-corrected chi connectivity index (χ1v) is 27.9. The number of benzene rings is 4. The first kappa shape index (κ1) is 51.1. The first-order chi connectivity index (χ1) is 31.3. The molecule has 4 aromatic carbocycles. The lowest BCUT2D eigenvalue weighted by Crippen LogP contribution is -2.30. The van der Waals surface area contributed by atoms with Crippen LogP contribution in [-0.4, -0.2) is 85.8 Å². The summed E-state index contributed by atoms with van der Waals surface area (Å²) in [5.74, 6) is 0. The van der Waals surface area contributed by atoms with Gasteiger partial charge in [-0.3, -0.25) is 0 Å². The van der Waals surface area contributed by atoms with Gasteiger partial charge in [0.1, 0.15) is 20.2 Å². The Kier molecular flexibility index (Phi) is 13.4. The second-order valence-corrected chi connectivity index (χ2v) is 26.3. The maximum atomic E-state index is 11.9. The molecule has 4 aromatic rings. The van der Waals surface area contributed by atoms with Crippen LogP contribution in [0.3, 0.4) is 0 Å². The van der Waals surface area contributed by atoms with E-state index >= 15 is 0 Å². The molecule has 2 aliphatic heterocycles. The molecule has 14 nitrogen and oxygen atoms in total. The second kappa shape index (κ2) is 17.9. The topological polar surface area (TPSA) is 235 Å². The Bertz CT molecular complexity index is 3410. The number of nitrogens with zero attached hydrogens (tertiary/aromatic N) is 2. The molecule has 0 saturated carbocycles. The maximum Gasteiger partial charge on any atom is 0.210 e. The largest absolute Gasteiger partial charge is 0.748 e. The van der Waals surface area contributed by atoms with Crippen LogP contribution in [0, 0.1) is 5.41 Å². The van der Waals surface area contributed by atoms with Crippen LogP contribution in [-0.2, 0) is 51.3 Å². The summed E-state index contributed by atoms with van der Waals surface area (Å²) in [6.45, 7) is 15.6. The smallest absolute Gasteiger partial charge is 0.210 e. The number of hydrogen-bond donors (Lipinski definition) is 0. The molecule has 0 saturated heterocycles. The van der Waals surface area contributed by atoms with Crippen molar-refractivity contribution in [2.75, 3.05) is 18.0 Å². The van der Waals surface area contributed by atoms with Gasteiger partial charge in [0.15, 0.2) is 12.3 Å². The van der Waals surface area contributed by atoms with Gasteiger partial charge in [-0.15, -0.1) is 0 Å². The molecular weight excluding hydrogens is 949 g/mol. The molecule has 7 rings (SSSR count). The third-order valence-corrected chi connectivity index (χ3v) is 17.7. The van der Waals surface area contributed by atoms with E-state index in [2.05, 4.69) is 19.9 Å². The Morgan fingerprint density at radius 1 is 0.647 bits per heavy atom. The fourth-order valence-corrected chi connectivity index (χ4v) is 11.9. The Morgan fingerprint density at radius 3 is 1.76 bits per heavy atom. The van der Waals surface area contributed by atoms with Crippen LogP contribution in [0.15, 0.2) is 130 Å². The number of hydrogen-bond acceptors (Lipinski definition) is 13. The summed E-state index contributed by atoms with van der Waals surface area (Å²) in [5.41, 5.74) is 5.53. The van der Waals surface area contributed by atoms with Crippen molar-refractivity contribution in [3.8, 4) is 0 Å². The summed E-state index contributed by atoms with van der Waals surface area (Å²) in [6, 6.07) is 15.6. The highest BCUT2D eigenvalue weighted by atomic mass is 32.2. The second-order valence-electron chi connectivity index (χ2n) is 20.0. The zero-order valence-electron chi connectivity index (χ0n) is 39.1. The third-order valence-electron chi connectivity index (χ3n) is 13.6. The van der Waals surface area contributed by atoms with Crippen molar-refractivity contribution >= 4 is 79.1 Å². The lowest BCUT2D eigenvalue weighted by Gasteiger charge is -2.30. The number of anilines is 1. The molecule has 1 aliphatic carbocycles. The minimum Gasteiger partial charge on any atom is -0.748 e. The van der Waals surface area contributed by atoms with Crippen molar-refractivity contribution in [3.63, 3.8) is 0 Å². The number of rotatable bonds is 14. The first-order valence-electron chi connectivity index (χ1n) is 22.2. The van der Waals surface area contributed by atoms with Crippen LogP contribution in [0.2, 0.25) is 0 Å². The van der Waals surface area contributed by atoms with Gasteiger partial charge in [0.05, 0.1) is 40.7 Å². The predicted octanol–water partition coefficient (Wildman–Crippen LogP) is 8.29. The molecule has 0 aromatic heterocycles. The van der Waals surface area contributed by atoms with E-state index in [-0.39, 0.29) is 41.1 Å². The fourth-order valence-electron chi connectivity index (χ4n) is 10.1. The van der Waals surface area contributed by atoms with E-state index in [1.54, 1.807) is 24.3 Å². The molecule has 0 N–H and O–H groups in total. The zero-order valence-corrected chi connectivity index (χ0v) is 42.4. The van der Waals surface area contributed by atoms with Gasteiger partial charge in [0.2, 0.25) is 5.69 Å². The van der Waals surface area contributed by atoms with Crippen LogP contribution >= 0.6 is 0 Å². The monoisotopic (exact) mass is 1000 g/mol. The van der Waals surface area contributed by atoms with E-state index in [1.807, 2.05) is 85.8 Å². The summed E-state index contributed by atoms with van der Waals surface area (Å²) >= 11 is 0. The highest BCUT2D eigenvalue weighted by Gasteiger charge is 2.46. The Labute approximate surface area is 400 Å². The maximum absolute atomic E-state index is 11.9. The average Bonchev–Trinajstić information content (AvgIpc) is 3.57. The van der Waals surface area contributed by atoms with Crippen molar-refractivity contribution in [3.05, 3.63) is 131 Å². The Balaban J connectivity index is 1.24. The van der Waals surface area contributed by atoms with Crippen molar-refractivity contribution in [1.29, 1.82) is 0 Å². The summed E-state index contributed by atoms with van der Waals surface area (Å²) in [7, 11) is -18.5. The SMILES string of the molecule is CC(CCN1/C(=C/C=C/C2=CC(=C/C=C/C3=[N+](CCC(C)S(=O)(=O)[O-])c4ccc5cc(S(=O)(=O)[O-])ccc5c4C3(C)C)/CC(C)(C)C2)C(C)(C)c2c1ccc1cc(S(=O)(=O)[O-])ccc21)S(=O)(=O)[O-]. The Hall–Kier alpha value is -4.79. The summed E-state index contributed by atoms with van der Waals surface area (Å²) in [6.07, 6.45) is 15.7. The van der Waals surface area contributed by atoms with Gasteiger partial charge in [-0.1, -0.05) is 76.3 Å². The van der Waals surface area contributed by atoms with Crippen molar-refractivity contribution in [2.45, 2.75) is 112 Å². The molecule has 364 valence electrons. The molecule has 0 fully saturated rings. The predicted molar refractivity (Wildman–Crippen MR) is 260 cm³/mol. The van der Waals surface area contributed by atoms with Gasteiger partial charge in [0.25, 0.3) is 0 Å². The highest BCUT2D eigenvalue weighted by molar-refractivity contribution is 7.86.